The smallest absolute Gasteiger partial charge is 0.750 e. The fraction of sp³-hybridized carbons (Fsp3) is 1.00. The first kappa shape index (κ1) is 70.1. The van der Waals surface area contributed by atoms with Crippen molar-refractivity contribution in [2.45, 2.75) is 0 Å². The molecule has 0 bridgehead atoms. The van der Waals surface area contributed by atoms with Crippen LogP contribution in [0.2, 0.25) is 0 Å². The summed E-state index contributed by atoms with van der Waals surface area (Å²) in [5.41, 5.74) is 0. The van der Waals surface area contributed by atoms with Crippen LogP contribution in [0.1, 0.15) is 0 Å². The van der Waals surface area contributed by atoms with Crippen LogP contribution < -0.4 is 58.7 Å². The maximum absolute atomic E-state index is 10.1. The normalized spacial score (nSPS) is 17.0. The van der Waals surface area contributed by atoms with E-state index in [4.69, 9.17) is 0 Å². The summed E-state index contributed by atoms with van der Waals surface area (Å²) in [5.74, 6) is 0. The van der Waals surface area contributed by atoms with E-state index in [-0.39, 0.29) is 63.2 Å². The Morgan fingerprint density at radius 1 is 0.327 bits per heavy atom. The number of alkyl halides is 1. The van der Waals surface area contributed by atoms with E-state index < -0.39 is 97.3 Å². The van der Waals surface area contributed by atoms with Crippen molar-refractivity contribution in [3.05, 3.63) is 0 Å². The topological polar surface area (TPSA) is 555 Å². The van der Waals surface area contributed by atoms with Gasteiger partial charge in [-0.05, 0) is 36.5 Å². The van der Waals surface area contributed by atoms with Crippen molar-refractivity contribution < 1.29 is 211 Å². The average molecular weight is 1220 g/mol. The first-order chi connectivity index (χ1) is 20.3. The van der Waals surface area contributed by atoms with Gasteiger partial charge in [0.15, 0.2) is 0 Å². The van der Waals surface area contributed by atoms with Crippen LogP contribution in [0.5, 0.6) is 0 Å². The Kier molecular flexibility index (Phi) is 52.8. The number of phosphoric acid groups is 4. The molecule has 0 fully saturated rings. The second-order valence-electron chi connectivity index (χ2n) is 4.23. The molecule has 0 heterocycles. The number of halogens is 1. The number of hydrogen-bond donors (Lipinski definition) is 0. The Morgan fingerprint density at radius 2 is 0.388 bits per heavy atom. The molecule has 32 nitrogen and oxygen atoms in total. The molecule has 0 N–H and O–H groups in total. The van der Waals surface area contributed by atoms with Gasteiger partial charge in [0.05, 0.1) is 0 Å². The molecule has 0 aromatic rings. The van der Waals surface area contributed by atoms with E-state index in [9.17, 15) is 114 Å². The maximum Gasteiger partial charge on any atom is 4.00 e. The third kappa shape index (κ3) is 66.5. The molecule has 0 radical (unpaired) electrons. The summed E-state index contributed by atoms with van der Waals surface area (Å²) in [6.45, 7) is 0. The van der Waals surface area contributed by atoms with Crippen molar-refractivity contribution >= 4 is 109 Å². The van der Waals surface area contributed by atoms with Crippen LogP contribution in [0.25, 0.3) is 0 Å². The van der Waals surface area contributed by atoms with Crippen LogP contribution in [-0.2, 0) is 152 Å². The maximum atomic E-state index is 10.1. The van der Waals surface area contributed by atoms with E-state index in [1.807, 2.05) is 0 Å². The molecule has 0 aliphatic rings. The summed E-state index contributed by atoms with van der Waals surface area (Å²) < 4.78 is 142. The van der Waals surface area contributed by atoms with E-state index in [2.05, 4.69) is 46.1 Å². The van der Waals surface area contributed by atoms with Gasteiger partial charge in [0.2, 0.25) is 0 Å². The summed E-state index contributed by atoms with van der Waals surface area (Å²) in [6, 6.07) is 0. The second kappa shape index (κ2) is 36.9. The molecule has 0 aliphatic heterocycles. The number of rotatable bonds is 16. The molecule has 0 aromatic heterocycles. The summed E-state index contributed by atoms with van der Waals surface area (Å²) in [7, 11) is -50.5. The van der Waals surface area contributed by atoms with Crippen LogP contribution in [0.3, 0.4) is 0 Å². The Hall–Kier alpha value is 3.27. The van der Waals surface area contributed by atoms with Crippen molar-refractivity contribution in [2.24, 2.45) is 0 Å². The second-order valence-corrected chi connectivity index (χ2v) is 16.6. The summed E-state index contributed by atoms with van der Waals surface area (Å²) >= 11 is 4.64. The molecule has 0 rings (SSSR count). The minimum Gasteiger partial charge on any atom is -0.750 e. The summed E-state index contributed by atoms with van der Waals surface area (Å²) in [6.07, 6.45) is 1.47. The van der Waals surface area contributed by atoms with Gasteiger partial charge in [0, 0.05) is 6.38 Å². The molecule has 0 aliphatic carbocycles. The van der Waals surface area contributed by atoms with E-state index in [0.29, 0.717) is 0 Å². The minimum atomic E-state index is -5.25. The zero-order valence-corrected chi connectivity index (χ0v) is 38.5. The fourth-order valence-electron chi connectivity index (χ4n) is 0.713. The van der Waals surface area contributed by atoms with Crippen molar-refractivity contribution in [3.8, 4) is 0 Å². The van der Waals surface area contributed by atoms with Gasteiger partial charge >= 0.3 is 161 Å². The molecule has 0 saturated heterocycles. The van der Waals surface area contributed by atoms with Crippen LogP contribution >= 0.6 is 109 Å². The monoisotopic (exact) mass is 1230 g/mol. The molecule has 8 atom stereocenters. The van der Waals surface area contributed by atoms with Crippen molar-refractivity contribution in [3.63, 3.8) is 0 Å². The first-order valence-corrected chi connectivity index (χ1v) is 23.0. The van der Waals surface area contributed by atoms with E-state index >= 15 is 0 Å². The summed E-state index contributed by atoms with van der Waals surface area (Å²) in [5, 5.41) is 0. The van der Waals surface area contributed by atoms with E-state index in [1.165, 1.54) is 6.38 Å². The van der Waals surface area contributed by atoms with Gasteiger partial charge in [0.25, 0.3) is 0 Å². The average Bonchev–Trinajstić information content (AvgIpc) is 2.68. The standard InChI is InChI=1S/CH3Cl.3Mo.4HO8P3/c1-2;;;;4*1-9(2)7-11(5,6)8-10(3)4/h1H3;;;;4*(H,5,6)/q;3*+4;;;;/p-4. The molecule has 0 saturated carbocycles. The molecule has 276 valence electrons. The summed E-state index contributed by atoms with van der Waals surface area (Å²) in [4.78, 5) is 117. The fourth-order valence-corrected chi connectivity index (χ4v) is 7.49. The molecular formula is CH3ClMo3O32P12+8. The molecule has 0 spiro atoms. The predicted molar refractivity (Wildman–Crippen MR) is 112 cm³/mol. The zero-order valence-electron chi connectivity index (χ0n) is 21.0. The Labute approximate surface area is 324 Å². The molecular weight excluding hydrogens is 1220 g/mol. The first-order valence-electron chi connectivity index (χ1n) is 7.68. The van der Waals surface area contributed by atoms with Crippen LogP contribution in [0.15, 0.2) is 0 Å². The van der Waals surface area contributed by atoms with Crippen molar-refractivity contribution in [1.82, 2.24) is 0 Å². The van der Waals surface area contributed by atoms with E-state index in [1.54, 1.807) is 0 Å². The van der Waals surface area contributed by atoms with Crippen LogP contribution in [0, 0.1) is 0 Å². The van der Waals surface area contributed by atoms with Crippen molar-refractivity contribution in [2.75, 3.05) is 6.38 Å². The quantitative estimate of drug-likeness (QED) is 0.0793. The molecule has 0 aromatic carbocycles. The van der Waals surface area contributed by atoms with Gasteiger partial charge < -0.3 is 58.7 Å². The Morgan fingerprint density at radius 3 is 0.429 bits per heavy atom. The Bertz CT molecular complexity index is 1000. The molecule has 48 heteroatoms. The van der Waals surface area contributed by atoms with Gasteiger partial charge in [-0.25, -0.2) is 0 Å². The number of hydrogen-bond acceptors (Lipinski definition) is 32. The largest absolute Gasteiger partial charge is 4.00 e. The predicted octanol–water partition coefficient (Wildman–Crippen LogP) is -5.06. The Balaban J connectivity index is -0.0000000734. The van der Waals surface area contributed by atoms with Crippen molar-refractivity contribution in [1.29, 1.82) is 0 Å². The van der Waals surface area contributed by atoms with Gasteiger partial charge in [-0.15, -0.1) is 11.6 Å². The third-order valence-electron chi connectivity index (χ3n) is 1.33. The zero-order chi connectivity index (χ0) is 38.3. The molecule has 8 unspecified atom stereocenters. The van der Waals surface area contributed by atoms with Gasteiger partial charge in [-0.3, -0.25) is 18.3 Å². The van der Waals surface area contributed by atoms with Gasteiger partial charge in [-0.1, -0.05) is 34.5 Å². The molecule has 0 amide bonds. The molecule has 49 heavy (non-hydrogen) atoms. The van der Waals surface area contributed by atoms with Crippen LogP contribution in [-0.4, -0.2) is 6.38 Å². The van der Waals surface area contributed by atoms with E-state index in [0.717, 1.165) is 0 Å². The minimum absolute atomic E-state index is 0. The van der Waals surface area contributed by atoms with Crippen LogP contribution in [0.4, 0.5) is 0 Å². The third-order valence-corrected chi connectivity index (χ3v) is 12.0. The van der Waals surface area contributed by atoms with Gasteiger partial charge in [0.1, 0.15) is 0 Å². The van der Waals surface area contributed by atoms with Gasteiger partial charge in [-0.2, -0.15) is 0 Å². The SMILES string of the molecule is CCl.O=[P+]([O-])OP(=O)([O-])O[P+](=O)[O-].O=[P+]([O-])OP(=O)([O-])O[P+](=O)[O-].O=[P+]([O-])OP(=O)([O-])O[P+](=O)[O-].O=[P+]([O-])OP(=O)([O-])O[P+](=O)[O-].[Mo+4].[Mo+4].[Mo+4].